The van der Waals surface area contributed by atoms with Crippen molar-refractivity contribution in [2.45, 2.75) is 112 Å². The molecule has 0 aromatic heterocycles. The number of fused-ring (bicyclic) bond motifs is 5. The summed E-state index contributed by atoms with van der Waals surface area (Å²) in [6.07, 6.45) is 17.7. The van der Waals surface area contributed by atoms with E-state index in [4.69, 9.17) is 9.94 Å². The highest BCUT2D eigenvalue weighted by atomic mass is 16.5. The van der Waals surface area contributed by atoms with Crippen molar-refractivity contribution in [2.24, 2.45) is 56.4 Å². The van der Waals surface area contributed by atoms with Crippen molar-refractivity contribution in [3.8, 4) is 0 Å². The third kappa shape index (κ3) is 5.13. The van der Waals surface area contributed by atoms with Crippen LogP contribution in [-0.2, 0) is 4.74 Å². The maximum atomic E-state index is 12.1. The Bertz CT molecular complexity index is 1260. The monoisotopic (exact) mass is 587 g/mol. The van der Waals surface area contributed by atoms with Crippen molar-refractivity contribution in [3.63, 3.8) is 0 Å². The molecule has 4 aliphatic rings. The summed E-state index contributed by atoms with van der Waals surface area (Å²) < 4.78 is 4.94. The molecule has 43 heavy (non-hydrogen) atoms. The lowest BCUT2D eigenvalue weighted by atomic mass is 9.33. The Morgan fingerprint density at radius 2 is 1.77 bits per heavy atom. The first-order chi connectivity index (χ1) is 20.3. The van der Waals surface area contributed by atoms with Crippen LogP contribution < -0.4 is 0 Å². The Morgan fingerprint density at radius 1 is 1.05 bits per heavy atom. The van der Waals surface area contributed by atoms with Gasteiger partial charge in [0.25, 0.3) is 0 Å². The molecule has 1 aromatic carbocycles. The second-order valence-corrected chi connectivity index (χ2v) is 16.0. The summed E-state index contributed by atoms with van der Waals surface area (Å²) in [7, 11) is 1.44. The van der Waals surface area contributed by atoms with Gasteiger partial charge in [0, 0.05) is 6.21 Å². The normalized spacial score (nSPS) is 37.4. The third-order valence-corrected chi connectivity index (χ3v) is 14.0. The van der Waals surface area contributed by atoms with Gasteiger partial charge in [0.1, 0.15) is 0 Å². The van der Waals surface area contributed by atoms with Crippen LogP contribution in [0.15, 0.2) is 47.6 Å². The van der Waals surface area contributed by atoms with Gasteiger partial charge in [-0.2, -0.15) is 0 Å². The molecule has 5 rings (SSSR count). The topological polar surface area (TPSA) is 58.9 Å². The Labute approximate surface area is 261 Å². The van der Waals surface area contributed by atoms with E-state index < -0.39 is 0 Å². The fourth-order valence-corrected chi connectivity index (χ4v) is 11.8. The molecule has 4 heteroatoms. The Balaban J connectivity index is 1.44. The van der Waals surface area contributed by atoms with Gasteiger partial charge in [-0.05, 0) is 146 Å². The predicted octanol–water partition coefficient (Wildman–Crippen LogP) is 10.4. The first-order valence-electron chi connectivity index (χ1n) is 17.1. The summed E-state index contributed by atoms with van der Waals surface area (Å²) in [5.41, 5.74) is 5.70. The minimum atomic E-state index is -0.276. The van der Waals surface area contributed by atoms with Gasteiger partial charge in [0.05, 0.1) is 12.7 Å². The van der Waals surface area contributed by atoms with Crippen molar-refractivity contribution in [3.05, 3.63) is 53.6 Å². The summed E-state index contributed by atoms with van der Waals surface area (Å²) in [6.45, 7) is 19.8. The summed E-state index contributed by atoms with van der Waals surface area (Å²) in [4.78, 5) is 12.1. The zero-order valence-corrected chi connectivity index (χ0v) is 28.0. The number of benzene rings is 1. The molecule has 3 saturated carbocycles. The van der Waals surface area contributed by atoms with E-state index in [2.05, 4.69) is 71.5 Å². The SMILES string of the molecule is C=C(C)[C@H](CCC/C=N/O)[C@H]1CCC[C@]2(C)[C@@H]1CC[C@@H]1[C@@]3(C)CC=C(c4ccc(C(=O)OC)cc4)C(C)(C)[C@@H]3CC[C@]12C. The van der Waals surface area contributed by atoms with Crippen LogP contribution in [-0.4, -0.2) is 24.5 Å². The smallest absolute Gasteiger partial charge is 0.337 e. The number of esters is 1. The molecular formula is C39H57NO3. The van der Waals surface area contributed by atoms with Crippen LogP contribution >= 0.6 is 0 Å². The standard InChI is InChI=1S/C39H57NO3/c1-26(2)29(12-9-10-25-40-42)30-13-11-22-38(6)32(30)18-19-34-37(5)23-20-31(27-14-16-28(17-15-27)35(41)43-8)36(3,4)33(37)21-24-39(34,38)7/h14-17,20,25,29-30,32-34,42H,1,9-13,18-19,21-24H2,2-8H3/b40-25+/t29-,30+,32+,33-,34+,37-,38+,39+/m0/s1. The number of allylic oxidation sites excluding steroid dienone is 3. The summed E-state index contributed by atoms with van der Waals surface area (Å²) >= 11 is 0. The predicted molar refractivity (Wildman–Crippen MR) is 177 cm³/mol. The van der Waals surface area contributed by atoms with Crippen molar-refractivity contribution in [2.75, 3.05) is 7.11 Å². The highest BCUT2D eigenvalue weighted by Crippen LogP contribution is 2.75. The van der Waals surface area contributed by atoms with Crippen molar-refractivity contribution in [1.29, 1.82) is 0 Å². The number of rotatable bonds is 8. The van der Waals surface area contributed by atoms with E-state index >= 15 is 0 Å². The fourth-order valence-electron chi connectivity index (χ4n) is 11.8. The van der Waals surface area contributed by atoms with Crippen LogP contribution in [0.4, 0.5) is 0 Å². The van der Waals surface area contributed by atoms with Gasteiger partial charge in [-0.25, -0.2) is 4.79 Å². The van der Waals surface area contributed by atoms with Crippen LogP contribution in [0.2, 0.25) is 0 Å². The lowest BCUT2D eigenvalue weighted by Gasteiger charge is -2.71. The Hall–Kier alpha value is -2.36. The zero-order valence-electron chi connectivity index (χ0n) is 28.0. The summed E-state index contributed by atoms with van der Waals surface area (Å²) in [5, 5.41) is 12.1. The maximum absolute atomic E-state index is 12.1. The molecule has 0 saturated heterocycles. The molecular weight excluding hydrogens is 530 g/mol. The molecule has 0 aliphatic heterocycles. The average Bonchev–Trinajstić information content (AvgIpc) is 2.96. The number of carbonyl (C=O) groups is 1. The number of oxime groups is 1. The van der Waals surface area contributed by atoms with Gasteiger partial charge in [-0.3, -0.25) is 0 Å². The molecule has 236 valence electrons. The highest BCUT2D eigenvalue weighted by Gasteiger charge is 2.67. The number of hydrogen-bond donors (Lipinski definition) is 1. The van der Waals surface area contributed by atoms with E-state index in [1.807, 2.05) is 12.1 Å². The molecule has 0 unspecified atom stereocenters. The summed E-state index contributed by atoms with van der Waals surface area (Å²) in [5.74, 6) is 3.12. The van der Waals surface area contributed by atoms with Crippen LogP contribution in [0.25, 0.3) is 5.57 Å². The molecule has 0 radical (unpaired) electrons. The molecule has 1 aromatic rings. The maximum Gasteiger partial charge on any atom is 0.337 e. The molecule has 0 bridgehead atoms. The molecule has 1 N–H and O–H groups in total. The number of carbonyl (C=O) groups excluding carboxylic acids is 1. The van der Waals surface area contributed by atoms with Gasteiger partial charge < -0.3 is 9.94 Å². The fraction of sp³-hybridized carbons (Fsp3) is 0.692. The Kier molecular flexibility index (Phi) is 8.84. The molecule has 8 atom stereocenters. The molecule has 0 spiro atoms. The van der Waals surface area contributed by atoms with Gasteiger partial charge in [-0.15, -0.1) is 5.16 Å². The summed E-state index contributed by atoms with van der Waals surface area (Å²) in [6, 6.07) is 8.09. The lowest BCUT2D eigenvalue weighted by Crippen LogP contribution is -2.64. The number of hydrogen-bond acceptors (Lipinski definition) is 4. The first-order valence-corrected chi connectivity index (χ1v) is 17.1. The number of methoxy groups -OCH3 is 1. The number of ether oxygens (including phenoxy) is 1. The molecule has 0 amide bonds. The van der Waals surface area contributed by atoms with Gasteiger partial charge >= 0.3 is 5.97 Å². The van der Waals surface area contributed by atoms with Gasteiger partial charge in [0.2, 0.25) is 0 Å². The molecule has 4 aliphatic carbocycles. The molecule has 0 heterocycles. The van der Waals surface area contributed by atoms with Crippen molar-refractivity contribution < 1.29 is 14.7 Å². The van der Waals surface area contributed by atoms with E-state index in [9.17, 15) is 4.79 Å². The van der Waals surface area contributed by atoms with Crippen LogP contribution in [0.5, 0.6) is 0 Å². The van der Waals surface area contributed by atoms with E-state index in [-0.39, 0.29) is 16.8 Å². The number of unbranched alkanes of at least 4 members (excludes halogenated alkanes) is 1. The largest absolute Gasteiger partial charge is 0.465 e. The zero-order chi connectivity index (χ0) is 31.2. The van der Waals surface area contributed by atoms with Crippen LogP contribution in [0.3, 0.4) is 0 Å². The first kappa shape index (κ1) is 32.0. The minimum Gasteiger partial charge on any atom is -0.465 e. The molecule has 4 nitrogen and oxygen atoms in total. The highest BCUT2D eigenvalue weighted by molar-refractivity contribution is 5.89. The minimum absolute atomic E-state index is 0.0664. The number of nitrogens with zero attached hydrogens (tertiary/aromatic N) is 1. The van der Waals surface area contributed by atoms with E-state index in [0.717, 1.165) is 37.5 Å². The Morgan fingerprint density at radius 3 is 2.42 bits per heavy atom. The average molecular weight is 588 g/mol. The van der Waals surface area contributed by atoms with Crippen molar-refractivity contribution in [1.82, 2.24) is 0 Å². The van der Waals surface area contributed by atoms with Gasteiger partial charge in [0.15, 0.2) is 0 Å². The second kappa shape index (κ2) is 11.9. The van der Waals surface area contributed by atoms with Crippen molar-refractivity contribution >= 4 is 17.8 Å². The quantitative estimate of drug-likeness (QED) is 0.0822. The van der Waals surface area contributed by atoms with Crippen LogP contribution in [0.1, 0.15) is 128 Å². The van der Waals surface area contributed by atoms with Gasteiger partial charge in [-0.1, -0.05) is 71.4 Å². The van der Waals surface area contributed by atoms with Crippen LogP contribution in [0, 0.1) is 51.2 Å². The van der Waals surface area contributed by atoms with E-state index in [0.29, 0.717) is 34.1 Å². The van der Waals surface area contributed by atoms with E-state index in [1.165, 1.54) is 68.8 Å². The lowest BCUT2D eigenvalue weighted by molar-refractivity contribution is -0.212. The molecule has 3 fully saturated rings. The van der Waals surface area contributed by atoms with E-state index in [1.54, 1.807) is 6.21 Å². The second-order valence-electron chi connectivity index (χ2n) is 16.0. The third-order valence-electron chi connectivity index (χ3n) is 14.0.